The monoisotopic (exact) mass is 560 g/mol. The van der Waals surface area contributed by atoms with Gasteiger partial charge >= 0.3 is 0 Å². The fourth-order valence-electron chi connectivity index (χ4n) is 7.51. The molecular formula is C42H24O2. The summed E-state index contributed by atoms with van der Waals surface area (Å²) in [6.45, 7) is 0. The van der Waals surface area contributed by atoms with E-state index in [2.05, 4.69) is 127 Å². The van der Waals surface area contributed by atoms with Crippen LogP contribution in [0.4, 0.5) is 0 Å². The van der Waals surface area contributed by atoms with Crippen molar-refractivity contribution in [1.82, 2.24) is 0 Å². The fourth-order valence-corrected chi connectivity index (χ4v) is 7.51. The Labute approximate surface area is 252 Å². The van der Waals surface area contributed by atoms with Crippen molar-refractivity contribution >= 4 is 76.0 Å². The quantitative estimate of drug-likeness (QED) is 0.155. The predicted molar refractivity (Wildman–Crippen MR) is 184 cm³/mol. The molecule has 204 valence electrons. The molecule has 10 aromatic rings. The molecule has 0 aliphatic carbocycles. The highest BCUT2D eigenvalue weighted by Crippen LogP contribution is 2.49. The summed E-state index contributed by atoms with van der Waals surface area (Å²) < 4.78 is 12.2. The van der Waals surface area contributed by atoms with Crippen molar-refractivity contribution in [1.29, 1.82) is 0 Å². The van der Waals surface area contributed by atoms with Crippen LogP contribution in [-0.4, -0.2) is 0 Å². The lowest BCUT2D eigenvalue weighted by molar-refractivity contribution is 0.615. The summed E-state index contributed by atoms with van der Waals surface area (Å²) in [5.74, 6) is 0. The SMILES string of the molecule is c1ccc2c(c1)cc(-c1c3ccccc3c(-c3cccc4oc5c6ccoc6ccc5c34)c3ccccc13)c1ccccc12. The molecule has 2 heteroatoms. The second kappa shape index (κ2) is 8.82. The standard InChI is InChI=1S/C42H24O2/c1-2-11-26-25(10-1)24-36(28-13-4-3-12-27(26)28)40-31-16-7-5-14-29(31)39(30-15-6-8-17-32(30)40)34-18-9-19-38-41(34)35-20-21-37-33(22-23-43-37)42(35)44-38/h1-24H. The van der Waals surface area contributed by atoms with Gasteiger partial charge in [0.15, 0.2) is 0 Å². The van der Waals surface area contributed by atoms with Crippen molar-refractivity contribution in [2.45, 2.75) is 0 Å². The Morgan fingerprint density at radius 1 is 0.364 bits per heavy atom. The predicted octanol–water partition coefficient (Wildman–Crippen LogP) is 12.3. The van der Waals surface area contributed by atoms with Crippen LogP contribution in [0.15, 0.2) is 155 Å². The fraction of sp³-hybridized carbons (Fsp3) is 0. The van der Waals surface area contributed by atoms with Crippen molar-refractivity contribution in [3.63, 3.8) is 0 Å². The lowest BCUT2D eigenvalue weighted by atomic mass is 9.83. The van der Waals surface area contributed by atoms with Crippen LogP contribution in [0, 0.1) is 0 Å². The highest BCUT2D eigenvalue weighted by atomic mass is 16.3. The molecule has 0 bridgehead atoms. The van der Waals surface area contributed by atoms with E-state index in [-0.39, 0.29) is 0 Å². The summed E-state index contributed by atoms with van der Waals surface area (Å²) in [5.41, 5.74) is 7.51. The van der Waals surface area contributed by atoms with Crippen molar-refractivity contribution in [2.24, 2.45) is 0 Å². The lowest BCUT2D eigenvalue weighted by Crippen LogP contribution is -1.92. The highest BCUT2D eigenvalue weighted by Gasteiger charge is 2.22. The van der Waals surface area contributed by atoms with Gasteiger partial charge in [-0.2, -0.15) is 0 Å². The van der Waals surface area contributed by atoms with Crippen LogP contribution in [0.1, 0.15) is 0 Å². The molecule has 0 N–H and O–H groups in total. The third-order valence-electron chi connectivity index (χ3n) is 9.33. The molecular weight excluding hydrogens is 536 g/mol. The van der Waals surface area contributed by atoms with E-state index < -0.39 is 0 Å². The Morgan fingerprint density at radius 2 is 0.977 bits per heavy atom. The van der Waals surface area contributed by atoms with E-state index in [0.717, 1.165) is 32.9 Å². The molecule has 0 fully saturated rings. The van der Waals surface area contributed by atoms with E-state index in [9.17, 15) is 0 Å². The molecule has 0 atom stereocenters. The van der Waals surface area contributed by atoms with Gasteiger partial charge in [0, 0.05) is 10.8 Å². The van der Waals surface area contributed by atoms with E-state index in [1.807, 2.05) is 12.1 Å². The second-order valence-electron chi connectivity index (χ2n) is 11.6. The maximum atomic E-state index is 6.53. The number of rotatable bonds is 2. The van der Waals surface area contributed by atoms with Crippen molar-refractivity contribution in [3.8, 4) is 22.3 Å². The van der Waals surface area contributed by atoms with E-state index >= 15 is 0 Å². The van der Waals surface area contributed by atoms with Crippen LogP contribution in [0.5, 0.6) is 0 Å². The Bertz CT molecular complexity index is 2720. The van der Waals surface area contributed by atoms with Gasteiger partial charge in [-0.05, 0) is 95.7 Å². The maximum absolute atomic E-state index is 6.53. The smallest absolute Gasteiger partial charge is 0.146 e. The first kappa shape index (κ1) is 23.7. The van der Waals surface area contributed by atoms with Crippen LogP contribution >= 0.6 is 0 Å². The van der Waals surface area contributed by atoms with Crippen molar-refractivity contribution in [2.75, 3.05) is 0 Å². The van der Waals surface area contributed by atoms with Crippen molar-refractivity contribution < 1.29 is 8.83 Å². The topological polar surface area (TPSA) is 26.3 Å². The minimum absolute atomic E-state index is 0.834. The van der Waals surface area contributed by atoms with Gasteiger partial charge in [0.25, 0.3) is 0 Å². The van der Waals surface area contributed by atoms with E-state index in [1.54, 1.807) is 6.26 Å². The van der Waals surface area contributed by atoms with Gasteiger partial charge in [-0.25, -0.2) is 0 Å². The summed E-state index contributed by atoms with van der Waals surface area (Å²) in [6.07, 6.45) is 1.73. The second-order valence-corrected chi connectivity index (χ2v) is 11.6. The Kier molecular flexibility index (Phi) is 4.75. The van der Waals surface area contributed by atoms with Crippen LogP contribution in [0.2, 0.25) is 0 Å². The molecule has 8 aromatic carbocycles. The number of hydrogen-bond acceptors (Lipinski definition) is 2. The Balaban J connectivity index is 1.39. The normalized spacial score (nSPS) is 12.1. The number of hydrogen-bond donors (Lipinski definition) is 0. The van der Waals surface area contributed by atoms with Crippen LogP contribution < -0.4 is 0 Å². The first-order chi connectivity index (χ1) is 21.8. The molecule has 44 heavy (non-hydrogen) atoms. The molecule has 2 nitrogen and oxygen atoms in total. The largest absolute Gasteiger partial charge is 0.464 e. The molecule has 0 radical (unpaired) electrons. The minimum atomic E-state index is 0.834. The summed E-state index contributed by atoms with van der Waals surface area (Å²) >= 11 is 0. The molecule has 2 heterocycles. The molecule has 0 spiro atoms. The molecule has 0 unspecified atom stereocenters. The van der Waals surface area contributed by atoms with E-state index in [4.69, 9.17) is 8.83 Å². The first-order valence-corrected chi connectivity index (χ1v) is 15.0. The maximum Gasteiger partial charge on any atom is 0.146 e. The van der Waals surface area contributed by atoms with E-state index in [0.29, 0.717) is 0 Å². The summed E-state index contributed by atoms with van der Waals surface area (Å²) in [7, 11) is 0. The molecule has 10 rings (SSSR count). The molecule has 0 amide bonds. The average Bonchev–Trinajstić information content (AvgIpc) is 3.72. The molecule has 0 saturated heterocycles. The summed E-state index contributed by atoms with van der Waals surface area (Å²) in [5, 5.41) is 13.2. The molecule has 0 aliphatic heterocycles. The minimum Gasteiger partial charge on any atom is -0.464 e. The first-order valence-electron chi connectivity index (χ1n) is 15.0. The van der Waals surface area contributed by atoms with Gasteiger partial charge < -0.3 is 8.83 Å². The van der Waals surface area contributed by atoms with Crippen LogP contribution in [0.3, 0.4) is 0 Å². The van der Waals surface area contributed by atoms with Gasteiger partial charge in [0.1, 0.15) is 16.7 Å². The van der Waals surface area contributed by atoms with Gasteiger partial charge in [-0.1, -0.05) is 109 Å². The Hall–Kier alpha value is -5.86. The zero-order valence-electron chi connectivity index (χ0n) is 23.7. The summed E-state index contributed by atoms with van der Waals surface area (Å²) in [4.78, 5) is 0. The molecule has 0 aliphatic rings. The van der Waals surface area contributed by atoms with Crippen molar-refractivity contribution in [3.05, 3.63) is 146 Å². The summed E-state index contributed by atoms with van der Waals surface area (Å²) in [6, 6.07) is 50.3. The number of benzene rings is 8. The Morgan fingerprint density at radius 3 is 1.70 bits per heavy atom. The lowest BCUT2D eigenvalue weighted by Gasteiger charge is -2.20. The highest BCUT2D eigenvalue weighted by molar-refractivity contribution is 6.29. The van der Waals surface area contributed by atoms with Gasteiger partial charge in [0.05, 0.1) is 11.6 Å². The zero-order chi connectivity index (χ0) is 28.8. The van der Waals surface area contributed by atoms with Crippen LogP contribution in [-0.2, 0) is 0 Å². The van der Waals surface area contributed by atoms with Gasteiger partial charge in [0.2, 0.25) is 0 Å². The molecule has 0 saturated carbocycles. The van der Waals surface area contributed by atoms with Gasteiger partial charge in [-0.15, -0.1) is 0 Å². The van der Waals surface area contributed by atoms with Crippen LogP contribution in [0.25, 0.3) is 98.3 Å². The average molecular weight is 561 g/mol. The number of fused-ring (bicyclic) bond motifs is 10. The zero-order valence-corrected chi connectivity index (χ0v) is 23.7. The van der Waals surface area contributed by atoms with E-state index in [1.165, 1.54) is 65.3 Å². The number of furan rings is 2. The van der Waals surface area contributed by atoms with Gasteiger partial charge in [-0.3, -0.25) is 0 Å². The third kappa shape index (κ3) is 3.14. The third-order valence-corrected chi connectivity index (χ3v) is 9.33. The molecule has 2 aromatic heterocycles.